The van der Waals surface area contributed by atoms with Crippen LogP contribution in [-0.4, -0.2) is 79.1 Å². The summed E-state index contributed by atoms with van der Waals surface area (Å²) in [5.74, 6) is -0.211. The molecule has 1 aromatic carbocycles. The van der Waals surface area contributed by atoms with Crippen LogP contribution in [0, 0.1) is 5.92 Å². The number of hydrogen-bond donors (Lipinski definition) is 2. The van der Waals surface area contributed by atoms with E-state index in [2.05, 4.69) is 0 Å². The molecular weight excluding hydrogens is 528 g/mol. The van der Waals surface area contributed by atoms with Crippen molar-refractivity contribution < 1.29 is 43.4 Å². The first-order valence-corrected chi connectivity index (χ1v) is 15.3. The van der Waals surface area contributed by atoms with E-state index < -0.39 is 17.7 Å². The largest absolute Gasteiger partial charge is 0.491 e. The van der Waals surface area contributed by atoms with Crippen LogP contribution in [0.1, 0.15) is 77.6 Å². The minimum atomic E-state index is -0.797. The number of unbranched alkanes of at least 4 members (excludes halogenated alkanes) is 1. The van der Waals surface area contributed by atoms with Gasteiger partial charge in [-0.25, -0.2) is 0 Å². The predicted molar refractivity (Wildman–Crippen MR) is 153 cm³/mol. The van der Waals surface area contributed by atoms with E-state index in [1.807, 2.05) is 49.4 Å². The molecule has 3 aliphatic rings. The number of benzene rings is 1. The minimum Gasteiger partial charge on any atom is -0.491 e. The molecule has 1 aliphatic carbocycles. The highest BCUT2D eigenvalue weighted by Crippen LogP contribution is 2.37. The molecular formula is C32H48O9. The molecule has 2 aliphatic heterocycles. The van der Waals surface area contributed by atoms with Crippen molar-refractivity contribution in [2.45, 2.75) is 114 Å². The Bertz CT molecular complexity index is 913. The van der Waals surface area contributed by atoms with E-state index in [0.717, 1.165) is 44.3 Å². The Balaban J connectivity index is 1.43. The summed E-state index contributed by atoms with van der Waals surface area (Å²) in [7, 11) is 0. The van der Waals surface area contributed by atoms with E-state index in [1.165, 1.54) is 0 Å². The molecule has 2 N–H and O–H groups in total. The second-order valence-corrected chi connectivity index (χ2v) is 11.7. The van der Waals surface area contributed by atoms with E-state index in [1.54, 1.807) is 0 Å². The Labute approximate surface area is 244 Å². The molecule has 0 amide bonds. The summed E-state index contributed by atoms with van der Waals surface area (Å²) < 4.78 is 37.4. The maximum absolute atomic E-state index is 11.1. The monoisotopic (exact) mass is 576 g/mol. The Morgan fingerprint density at radius 1 is 1.02 bits per heavy atom. The Morgan fingerprint density at radius 2 is 1.76 bits per heavy atom. The molecule has 3 fully saturated rings. The number of ether oxygens (including phenoxy) is 6. The number of aliphatic hydroxyl groups excluding tert-OH is 1. The minimum absolute atomic E-state index is 0.147. The van der Waals surface area contributed by atoms with Crippen molar-refractivity contribution in [3.05, 3.63) is 42.5 Å². The highest BCUT2D eigenvalue weighted by molar-refractivity contribution is 5.66. The lowest BCUT2D eigenvalue weighted by molar-refractivity contribution is -0.253. The molecule has 0 bridgehead atoms. The van der Waals surface area contributed by atoms with Gasteiger partial charge in [0.1, 0.15) is 18.0 Å². The summed E-state index contributed by atoms with van der Waals surface area (Å²) >= 11 is 0. The third-order valence-electron chi connectivity index (χ3n) is 7.98. The van der Waals surface area contributed by atoms with Gasteiger partial charge in [0.15, 0.2) is 12.6 Å². The molecule has 1 aromatic rings. The normalized spacial score (nSPS) is 30.3. The van der Waals surface area contributed by atoms with Crippen LogP contribution in [0.2, 0.25) is 0 Å². The first-order chi connectivity index (χ1) is 19.9. The van der Waals surface area contributed by atoms with Gasteiger partial charge in [-0.3, -0.25) is 4.79 Å². The van der Waals surface area contributed by atoms with Gasteiger partial charge in [0, 0.05) is 32.0 Å². The Hall–Kier alpha value is -2.01. The number of rotatable bonds is 16. The predicted octanol–water partition coefficient (Wildman–Crippen LogP) is 5.25. The summed E-state index contributed by atoms with van der Waals surface area (Å²) in [5.41, 5.74) is -0.797. The highest BCUT2D eigenvalue weighted by atomic mass is 16.7. The van der Waals surface area contributed by atoms with E-state index in [-0.39, 0.29) is 50.3 Å². The van der Waals surface area contributed by atoms with Crippen molar-refractivity contribution in [3.8, 4) is 5.75 Å². The zero-order chi connectivity index (χ0) is 28.9. The number of aliphatic carboxylic acids is 1. The number of allylic oxidation sites excluding steroid dienone is 2. The lowest BCUT2D eigenvalue weighted by Gasteiger charge is -2.37. The molecule has 9 nitrogen and oxygen atoms in total. The van der Waals surface area contributed by atoms with Crippen molar-refractivity contribution in [2.24, 2.45) is 5.92 Å². The second-order valence-electron chi connectivity index (χ2n) is 11.7. The van der Waals surface area contributed by atoms with Crippen LogP contribution >= 0.6 is 0 Å². The van der Waals surface area contributed by atoms with Gasteiger partial charge in [-0.05, 0) is 76.8 Å². The molecule has 9 heteroatoms. The molecule has 4 rings (SSSR count). The zero-order valence-corrected chi connectivity index (χ0v) is 24.4. The van der Waals surface area contributed by atoms with Crippen LogP contribution in [0.5, 0.6) is 5.75 Å². The standard InChI is InChI=1S/C32H48O9/c1-32(41-30-18-10-12-20-37-30,22-38-24-13-5-4-6-14-24)23-39-31-25(15-7-2-3-8-16-28(34)35)26(33)21-27(31)40-29-17-9-11-19-36-29/h2,4-7,13-14,25-27,29-31,33H,3,8-12,15-23H2,1H3,(H,34,35)/b7-2+. The summed E-state index contributed by atoms with van der Waals surface area (Å²) in [5, 5.41) is 20.0. The van der Waals surface area contributed by atoms with E-state index in [0.29, 0.717) is 38.9 Å². The highest BCUT2D eigenvalue weighted by Gasteiger charge is 2.46. The summed E-state index contributed by atoms with van der Waals surface area (Å²) in [6, 6.07) is 9.65. The number of carboxylic acids is 1. The zero-order valence-electron chi connectivity index (χ0n) is 24.4. The van der Waals surface area contributed by atoms with Crippen LogP contribution in [0.4, 0.5) is 0 Å². The number of carbonyl (C=O) groups is 1. The van der Waals surface area contributed by atoms with Crippen LogP contribution in [-0.2, 0) is 28.5 Å². The average Bonchev–Trinajstić information content (AvgIpc) is 3.27. The maximum Gasteiger partial charge on any atom is 0.303 e. The van der Waals surface area contributed by atoms with Crippen molar-refractivity contribution in [1.82, 2.24) is 0 Å². The van der Waals surface area contributed by atoms with Gasteiger partial charge in [0.25, 0.3) is 0 Å². The van der Waals surface area contributed by atoms with Gasteiger partial charge in [0.05, 0.1) is 24.9 Å². The first-order valence-electron chi connectivity index (χ1n) is 15.3. The van der Waals surface area contributed by atoms with Crippen molar-refractivity contribution in [1.29, 1.82) is 0 Å². The number of aliphatic hydroxyl groups is 1. The molecule has 1 saturated carbocycles. The number of hydrogen-bond acceptors (Lipinski definition) is 8. The van der Waals surface area contributed by atoms with Crippen LogP contribution in [0.15, 0.2) is 42.5 Å². The lowest BCUT2D eigenvalue weighted by atomic mass is 9.98. The summed E-state index contributed by atoms with van der Waals surface area (Å²) in [6.45, 7) is 3.85. The molecule has 2 heterocycles. The fourth-order valence-electron chi connectivity index (χ4n) is 5.71. The topological polar surface area (TPSA) is 113 Å². The first kappa shape index (κ1) is 31.9. The molecule has 7 atom stereocenters. The van der Waals surface area contributed by atoms with E-state index in [9.17, 15) is 9.90 Å². The summed E-state index contributed by atoms with van der Waals surface area (Å²) in [6.07, 6.45) is 10.4. The maximum atomic E-state index is 11.1. The fraction of sp³-hybridized carbons (Fsp3) is 0.719. The summed E-state index contributed by atoms with van der Waals surface area (Å²) in [4.78, 5) is 10.8. The van der Waals surface area contributed by atoms with E-state index in [4.69, 9.17) is 33.5 Å². The number of carboxylic acid groups (broad SMARTS) is 1. The fourth-order valence-corrected chi connectivity index (χ4v) is 5.71. The third kappa shape index (κ3) is 10.6. The van der Waals surface area contributed by atoms with Crippen LogP contribution < -0.4 is 4.74 Å². The molecule has 0 spiro atoms. The second kappa shape index (κ2) is 16.6. The SMILES string of the molecule is CC(COc1ccccc1)(COC1C(OC2CCCCO2)CC(O)C1C/C=C/CCCC(=O)O)OC1CCCCO1. The smallest absolute Gasteiger partial charge is 0.303 e. The van der Waals surface area contributed by atoms with Crippen LogP contribution in [0.25, 0.3) is 0 Å². The van der Waals surface area contributed by atoms with Crippen molar-refractivity contribution in [2.75, 3.05) is 26.4 Å². The van der Waals surface area contributed by atoms with Gasteiger partial charge in [-0.2, -0.15) is 0 Å². The Kier molecular flexibility index (Phi) is 12.9. The molecule has 7 unspecified atom stereocenters. The Morgan fingerprint density at radius 3 is 2.44 bits per heavy atom. The van der Waals surface area contributed by atoms with Gasteiger partial charge in [-0.1, -0.05) is 30.4 Å². The molecule has 41 heavy (non-hydrogen) atoms. The van der Waals surface area contributed by atoms with Gasteiger partial charge >= 0.3 is 5.97 Å². The molecule has 230 valence electrons. The van der Waals surface area contributed by atoms with E-state index >= 15 is 0 Å². The average molecular weight is 577 g/mol. The number of para-hydroxylation sites is 1. The van der Waals surface area contributed by atoms with Crippen molar-refractivity contribution >= 4 is 5.97 Å². The quantitative estimate of drug-likeness (QED) is 0.201. The molecule has 0 aromatic heterocycles. The van der Waals surface area contributed by atoms with Gasteiger partial charge < -0.3 is 38.6 Å². The molecule has 0 radical (unpaired) electrons. The van der Waals surface area contributed by atoms with Gasteiger partial charge in [-0.15, -0.1) is 0 Å². The van der Waals surface area contributed by atoms with Gasteiger partial charge in [0.2, 0.25) is 0 Å². The van der Waals surface area contributed by atoms with Crippen LogP contribution in [0.3, 0.4) is 0 Å². The third-order valence-corrected chi connectivity index (χ3v) is 7.98. The molecule has 2 saturated heterocycles. The van der Waals surface area contributed by atoms with Crippen molar-refractivity contribution in [3.63, 3.8) is 0 Å². The lowest BCUT2D eigenvalue weighted by Crippen LogP contribution is -2.47.